The quantitative estimate of drug-likeness (QED) is 0.787. The first-order valence-electron chi connectivity index (χ1n) is 8.11. The number of morpholine rings is 1. The van der Waals surface area contributed by atoms with Gasteiger partial charge in [-0.15, -0.1) is 0 Å². The number of rotatable bonds is 2. The number of carbonyl (C=O) groups excluding carboxylic acids is 1. The van der Waals surface area contributed by atoms with E-state index in [4.69, 9.17) is 9.47 Å². The molecular weight excluding hydrogens is 296 g/mol. The molecule has 23 heavy (non-hydrogen) atoms. The maximum absolute atomic E-state index is 12.7. The summed E-state index contributed by atoms with van der Waals surface area (Å²) in [5, 5.41) is 7.52. The topological polar surface area (TPSA) is 67.8 Å². The third-order valence-corrected chi connectivity index (χ3v) is 4.48. The lowest BCUT2D eigenvalue weighted by molar-refractivity contribution is -0.134. The molecule has 0 aromatic carbocycles. The van der Waals surface area contributed by atoms with E-state index in [-0.39, 0.29) is 5.91 Å². The van der Waals surface area contributed by atoms with Crippen LogP contribution < -0.4 is 0 Å². The highest BCUT2D eigenvalue weighted by Crippen LogP contribution is 2.24. The Morgan fingerprint density at radius 2 is 2.13 bits per heavy atom. The van der Waals surface area contributed by atoms with Gasteiger partial charge in [-0.1, -0.05) is 0 Å². The predicted molar refractivity (Wildman–Crippen MR) is 84.1 cm³/mol. The van der Waals surface area contributed by atoms with Gasteiger partial charge < -0.3 is 14.4 Å². The fraction of sp³-hybridized carbons (Fsp3) is 0.688. The van der Waals surface area contributed by atoms with Crippen LogP contribution in [-0.4, -0.2) is 83.5 Å². The van der Waals surface area contributed by atoms with Gasteiger partial charge in [0.05, 0.1) is 44.3 Å². The molecule has 2 aliphatic rings. The van der Waals surface area contributed by atoms with Crippen LogP contribution in [0, 0.1) is 0 Å². The average molecular weight is 320 g/mol. The molecule has 1 aromatic rings. The molecule has 7 nitrogen and oxygen atoms in total. The van der Waals surface area contributed by atoms with Gasteiger partial charge in [0.25, 0.3) is 5.91 Å². The molecule has 1 aromatic heterocycles. The van der Waals surface area contributed by atoms with E-state index in [1.807, 2.05) is 4.90 Å². The van der Waals surface area contributed by atoms with Gasteiger partial charge in [0.2, 0.25) is 0 Å². The number of nitrogens with zero attached hydrogens (tertiary/aromatic N) is 4. The second-order valence-corrected chi connectivity index (χ2v) is 6.51. The zero-order chi connectivity index (χ0) is 16.3. The van der Waals surface area contributed by atoms with Gasteiger partial charge in [0.15, 0.2) is 0 Å². The van der Waals surface area contributed by atoms with Gasteiger partial charge >= 0.3 is 0 Å². The molecule has 126 valence electrons. The Morgan fingerprint density at radius 3 is 2.87 bits per heavy atom. The monoisotopic (exact) mass is 320 g/mol. The first-order chi connectivity index (χ1) is 11.1. The first-order valence-corrected chi connectivity index (χ1v) is 8.11. The molecule has 1 atom stereocenters. The van der Waals surface area contributed by atoms with Crippen LogP contribution in [0.2, 0.25) is 0 Å². The van der Waals surface area contributed by atoms with Crippen molar-refractivity contribution in [1.29, 1.82) is 0 Å². The number of hydrogen-bond acceptors (Lipinski definition) is 6. The van der Waals surface area contributed by atoms with Crippen molar-refractivity contribution in [1.82, 2.24) is 20.0 Å². The molecule has 0 aliphatic carbocycles. The molecular formula is C16H24N4O3. The van der Waals surface area contributed by atoms with E-state index in [1.165, 1.54) is 6.20 Å². The molecule has 0 bridgehead atoms. The van der Waals surface area contributed by atoms with E-state index in [1.54, 1.807) is 12.3 Å². The van der Waals surface area contributed by atoms with E-state index in [9.17, 15) is 4.79 Å². The standard InChI is InChI=1S/C16H24N4O3/c1-13(2)19-5-7-22-12-16(10-19)11-20(6-8-23-16)15(21)14-3-4-17-18-9-14/h3-4,9,13H,5-8,10-12H2,1-2H3. The largest absolute Gasteiger partial charge is 0.377 e. The van der Waals surface area contributed by atoms with Crippen LogP contribution in [-0.2, 0) is 9.47 Å². The molecule has 2 aliphatic heterocycles. The summed E-state index contributed by atoms with van der Waals surface area (Å²) in [7, 11) is 0. The first kappa shape index (κ1) is 16.3. The smallest absolute Gasteiger partial charge is 0.255 e. The molecule has 1 spiro atoms. The van der Waals surface area contributed by atoms with Gasteiger partial charge in [-0.3, -0.25) is 9.69 Å². The van der Waals surface area contributed by atoms with Crippen molar-refractivity contribution in [2.24, 2.45) is 0 Å². The summed E-state index contributed by atoms with van der Waals surface area (Å²) >= 11 is 0. The van der Waals surface area contributed by atoms with Crippen molar-refractivity contribution in [2.45, 2.75) is 25.5 Å². The third-order valence-electron chi connectivity index (χ3n) is 4.48. The van der Waals surface area contributed by atoms with Crippen molar-refractivity contribution in [3.05, 3.63) is 24.0 Å². The highest BCUT2D eigenvalue weighted by Gasteiger charge is 2.42. The minimum absolute atomic E-state index is 0.0251. The van der Waals surface area contributed by atoms with Crippen LogP contribution in [0.4, 0.5) is 0 Å². The van der Waals surface area contributed by atoms with Crippen molar-refractivity contribution >= 4 is 5.91 Å². The molecule has 2 fully saturated rings. The van der Waals surface area contributed by atoms with Gasteiger partial charge in [-0.05, 0) is 19.9 Å². The van der Waals surface area contributed by atoms with Gasteiger partial charge in [0, 0.05) is 25.7 Å². The van der Waals surface area contributed by atoms with Crippen LogP contribution in [0.1, 0.15) is 24.2 Å². The predicted octanol–water partition coefficient (Wildman–Crippen LogP) is 0.428. The minimum atomic E-state index is -0.449. The molecule has 2 saturated heterocycles. The number of amides is 1. The van der Waals surface area contributed by atoms with E-state index in [2.05, 4.69) is 28.9 Å². The molecule has 1 unspecified atom stereocenters. The maximum Gasteiger partial charge on any atom is 0.255 e. The Balaban J connectivity index is 1.75. The van der Waals surface area contributed by atoms with Crippen LogP contribution in [0.15, 0.2) is 18.5 Å². The lowest BCUT2D eigenvalue weighted by Gasteiger charge is -2.44. The van der Waals surface area contributed by atoms with E-state index >= 15 is 0 Å². The fourth-order valence-corrected chi connectivity index (χ4v) is 3.18. The lowest BCUT2D eigenvalue weighted by atomic mass is 10.0. The van der Waals surface area contributed by atoms with Gasteiger partial charge in [0.1, 0.15) is 5.60 Å². The van der Waals surface area contributed by atoms with Gasteiger partial charge in [-0.2, -0.15) is 10.2 Å². The van der Waals surface area contributed by atoms with E-state index in [0.717, 1.165) is 13.1 Å². The van der Waals surface area contributed by atoms with Crippen molar-refractivity contribution in [2.75, 3.05) is 46.0 Å². The molecule has 0 N–H and O–H groups in total. The lowest BCUT2D eigenvalue weighted by Crippen LogP contribution is -2.60. The number of carbonyl (C=O) groups is 1. The summed E-state index contributed by atoms with van der Waals surface area (Å²) in [6.07, 6.45) is 3.05. The summed E-state index contributed by atoms with van der Waals surface area (Å²) in [6.45, 7) is 8.90. The average Bonchev–Trinajstić information content (AvgIpc) is 2.78. The van der Waals surface area contributed by atoms with Gasteiger partial charge in [-0.25, -0.2) is 0 Å². The van der Waals surface area contributed by atoms with Crippen LogP contribution >= 0.6 is 0 Å². The van der Waals surface area contributed by atoms with E-state index in [0.29, 0.717) is 44.5 Å². The number of ether oxygens (including phenoxy) is 2. The Labute approximate surface area is 136 Å². The SMILES string of the molecule is CC(C)N1CCOCC2(CN(C(=O)c3ccnnc3)CCO2)C1. The number of hydrogen-bond donors (Lipinski definition) is 0. The summed E-state index contributed by atoms with van der Waals surface area (Å²) in [5.41, 5.74) is 0.113. The zero-order valence-corrected chi connectivity index (χ0v) is 13.8. The summed E-state index contributed by atoms with van der Waals surface area (Å²) in [5.74, 6) is -0.0251. The summed E-state index contributed by atoms with van der Waals surface area (Å²) in [6, 6.07) is 2.12. The summed E-state index contributed by atoms with van der Waals surface area (Å²) < 4.78 is 11.9. The van der Waals surface area contributed by atoms with E-state index < -0.39 is 5.60 Å². The van der Waals surface area contributed by atoms with Crippen LogP contribution in [0.25, 0.3) is 0 Å². The molecule has 0 saturated carbocycles. The zero-order valence-electron chi connectivity index (χ0n) is 13.8. The van der Waals surface area contributed by atoms with Crippen LogP contribution in [0.3, 0.4) is 0 Å². The van der Waals surface area contributed by atoms with Crippen molar-refractivity contribution < 1.29 is 14.3 Å². The second kappa shape index (κ2) is 6.90. The summed E-state index contributed by atoms with van der Waals surface area (Å²) in [4.78, 5) is 16.9. The maximum atomic E-state index is 12.7. The van der Waals surface area contributed by atoms with Crippen molar-refractivity contribution in [3.8, 4) is 0 Å². The molecule has 3 heterocycles. The normalized spacial score (nSPS) is 26.5. The second-order valence-electron chi connectivity index (χ2n) is 6.51. The Bertz CT molecular complexity index is 539. The minimum Gasteiger partial charge on any atom is -0.377 e. The Hall–Kier alpha value is -1.57. The molecule has 0 radical (unpaired) electrons. The third kappa shape index (κ3) is 3.68. The highest BCUT2D eigenvalue weighted by atomic mass is 16.5. The molecule has 1 amide bonds. The Morgan fingerprint density at radius 1 is 1.26 bits per heavy atom. The molecule has 3 rings (SSSR count). The Kier molecular flexibility index (Phi) is 4.89. The number of aromatic nitrogens is 2. The fourth-order valence-electron chi connectivity index (χ4n) is 3.18. The molecule has 7 heteroatoms. The highest BCUT2D eigenvalue weighted by molar-refractivity contribution is 5.93. The van der Waals surface area contributed by atoms with Crippen molar-refractivity contribution in [3.63, 3.8) is 0 Å². The van der Waals surface area contributed by atoms with Crippen LogP contribution in [0.5, 0.6) is 0 Å².